The molecule has 2 aliphatic heterocycles. The van der Waals surface area contributed by atoms with Crippen molar-refractivity contribution in [3.63, 3.8) is 0 Å². The van der Waals surface area contributed by atoms with Crippen molar-refractivity contribution in [1.29, 1.82) is 0 Å². The van der Waals surface area contributed by atoms with Crippen LogP contribution in [0.1, 0.15) is 33.6 Å². The van der Waals surface area contributed by atoms with Gasteiger partial charge in [0.25, 0.3) is 0 Å². The maximum Gasteiger partial charge on any atom is 0.410 e. The molecule has 2 rings (SSSR count). The van der Waals surface area contributed by atoms with E-state index in [1.165, 1.54) is 12.8 Å². The first-order valence-corrected chi connectivity index (χ1v) is 6.64. The highest BCUT2D eigenvalue weighted by atomic mass is 16.6. The van der Waals surface area contributed by atoms with Gasteiger partial charge in [0.15, 0.2) is 0 Å². The van der Waals surface area contributed by atoms with Gasteiger partial charge >= 0.3 is 6.09 Å². The van der Waals surface area contributed by atoms with Crippen molar-refractivity contribution in [3.05, 3.63) is 0 Å². The van der Waals surface area contributed by atoms with Crippen LogP contribution in [0.15, 0.2) is 0 Å². The van der Waals surface area contributed by atoms with Gasteiger partial charge in [-0.25, -0.2) is 4.79 Å². The molecule has 2 fully saturated rings. The number of amides is 1. The van der Waals surface area contributed by atoms with Crippen LogP contribution < -0.4 is 5.32 Å². The van der Waals surface area contributed by atoms with Crippen LogP contribution in [0.3, 0.4) is 0 Å². The summed E-state index contributed by atoms with van der Waals surface area (Å²) >= 11 is 0. The van der Waals surface area contributed by atoms with Gasteiger partial charge in [0.2, 0.25) is 0 Å². The monoisotopic (exact) mass is 240 g/mol. The van der Waals surface area contributed by atoms with Gasteiger partial charge < -0.3 is 15.0 Å². The van der Waals surface area contributed by atoms with Crippen molar-refractivity contribution >= 4 is 6.09 Å². The van der Waals surface area contributed by atoms with Crippen molar-refractivity contribution in [1.82, 2.24) is 10.2 Å². The van der Waals surface area contributed by atoms with E-state index in [2.05, 4.69) is 5.32 Å². The number of rotatable bonds is 1. The van der Waals surface area contributed by atoms with E-state index in [0.29, 0.717) is 5.92 Å². The fraction of sp³-hybridized carbons (Fsp3) is 0.923. The van der Waals surface area contributed by atoms with Crippen LogP contribution in [0.2, 0.25) is 0 Å². The number of piperidine rings is 1. The van der Waals surface area contributed by atoms with E-state index in [1.807, 2.05) is 25.7 Å². The summed E-state index contributed by atoms with van der Waals surface area (Å²) in [6, 6.07) is 0. The van der Waals surface area contributed by atoms with Crippen LogP contribution in [-0.4, -0.2) is 42.8 Å². The lowest BCUT2D eigenvalue weighted by Gasteiger charge is -2.44. The van der Waals surface area contributed by atoms with Gasteiger partial charge in [0, 0.05) is 13.1 Å². The number of ether oxygens (including phenoxy) is 1. The molecule has 98 valence electrons. The third-order valence-electron chi connectivity index (χ3n) is 3.56. The lowest BCUT2D eigenvalue weighted by atomic mass is 9.81. The second-order valence-corrected chi connectivity index (χ2v) is 6.25. The van der Waals surface area contributed by atoms with E-state index < -0.39 is 0 Å². The van der Waals surface area contributed by atoms with Gasteiger partial charge in [-0.15, -0.1) is 0 Å². The highest BCUT2D eigenvalue weighted by molar-refractivity contribution is 5.69. The Labute approximate surface area is 104 Å². The largest absolute Gasteiger partial charge is 0.444 e. The van der Waals surface area contributed by atoms with E-state index >= 15 is 0 Å². The van der Waals surface area contributed by atoms with Crippen molar-refractivity contribution in [2.45, 2.75) is 39.2 Å². The Bertz CT molecular complexity index is 274. The SMILES string of the molecule is CC(C)(C)OC(=O)N1CC([C@@H]2CCCNC2)C1. The Kier molecular flexibility index (Phi) is 3.61. The van der Waals surface area contributed by atoms with Crippen LogP contribution in [0.25, 0.3) is 0 Å². The molecular weight excluding hydrogens is 216 g/mol. The van der Waals surface area contributed by atoms with Gasteiger partial charge in [0.05, 0.1) is 0 Å². The van der Waals surface area contributed by atoms with Crippen LogP contribution in [0.4, 0.5) is 4.79 Å². The van der Waals surface area contributed by atoms with Crippen molar-refractivity contribution in [2.24, 2.45) is 11.8 Å². The van der Waals surface area contributed by atoms with Crippen LogP contribution in [0.5, 0.6) is 0 Å². The molecule has 0 aromatic heterocycles. The topological polar surface area (TPSA) is 41.6 Å². The summed E-state index contributed by atoms with van der Waals surface area (Å²) in [7, 11) is 0. The molecule has 2 heterocycles. The molecule has 0 aromatic rings. The van der Waals surface area contributed by atoms with Crippen molar-refractivity contribution < 1.29 is 9.53 Å². The molecule has 0 unspecified atom stereocenters. The van der Waals surface area contributed by atoms with Crippen molar-refractivity contribution in [2.75, 3.05) is 26.2 Å². The Morgan fingerprint density at radius 2 is 2.00 bits per heavy atom. The Hall–Kier alpha value is -0.770. The first-order valence-electron chi connectivity index (χ1n) is 6.64. The molecule has 0 aliphatic carbocycles. The maximum atomic E-state index is 11.8. The number of likely N-dealkylation sites (tertiary alicyclic amines) is 1. The second-order valence-electron chi connectivity index (χ2n) is 6.25. The van der Waals surface area contributed by atoms with E-state index in [1.54, 1.807) is 0 Å². The van der Waals surface area contributed by atoms with E-state index in [-0.39, 0.29) is 11.7 Å². The fourth-order valence-corrected chi connectivity index (χ4v) is 2.57. The average Bonchev–Trinajstić information content (AvgIpc) is 2.14. The smallest absolute Gasteiger partial charge is 0.410 e. The zero-order chi connectivity index (χ0) is 12.5. The van der Waals surface area contributed by atoms with Crippen molar-refractivity contribution in [3.8, 4) is 0 Å². The second kappa shape index (κ2) is 4.84. The molecular formula is C13H24N2O2. The minimum Gasteiger partial charge on any atom is -0.444 e. The van der Waals surface area contributed by atoms with Crippen LogP contribution in [0, 0.1) is 11.8 Å². The lowest BCUT2D eigenvalue weighted by molar-refractivity contribution is -0.0130. The molecule has 0 saturated carbocycles. The van der Waals surface area contributed by atoms with Gasteiger partial charge in [-0.05, 0) is 58.5 Å². The average molecular weight is 240 g/mol. The predicted octanol–water partition coefficient (Wildman–Crippen LogP) is 1.85. The normalized spacial score (nSPS) is 26.5. The number of nitrogens with one attached hydrogen (secondary N) is 1. The summed E-state index contributed by atoms with van der Waals surface area (Å²) in [5, 5.41) is 3.43. The summed E-state index contributed by atoms with van der Waals surface area (Å²) in [6.45, 7) is 9.75. The fourth-order valence-electron chi connectivity index (χ4n) is 2.57. The van der Waals surface area contributed by atoms with E-state index in [9.17, 15) is 4.79 Å². The minimum atomic E-state index is -0.380. The number of carbonyl (C=O) groups excluding carboxylic acids is 1. The molecule has 1 amide bonds. The molecule has 0 radical (unpaired) electrons. The molecule has 0 aromatic carbocycles. The molecule has 2 aliphatic rings. The van der Waals surface area contributed by atoms with Crippen LogP contribution >= 0.6 is 0 Å². The number of nitrogens with zero attached hydrogens (tertiary/aromatic N) is 1. The quantitative estimate of drug-likeness (QED) is 0.760. The highest BCUT2D eigenvalue weighted by Gasteiger charge is 2.38. The number of hydrogen-bond donors (Lipinski definition) is 1. The zero-order valence-electron chi connectivity index (χ0n) is 11.2. The molecule has 2 saturated heterocycles. The summed E-state index contributed by atoms with van der Waals surface area (Å²) in [6.07, 6.45) is 2.42. The third-order valence-corrected chi connectivity index (χ3v) is 3.56. The Balaban J connectivity index is 1.72. The summed E-state index contributed by atoms with van der Waals surface area (Å²) < 4.78 is 5.35. The third kappa shape index (κ3) is 3.35. The summed E-state index contributed by atoms with van der Waals surface area (Å²) in [4.78, 5) is 13.6. The molecule has 1 N–H and O–H groups in total. The van der Waals surface area contributed by atoms with E-state index in [0.717, 1.165) is 32.1 Å². The molecule has 0 bridgehead atoms. The predicted molar refractivity (Wildman–Crippen MR) is 66.9 cm³/mol. The van der Waals surface area contributed by atoms with Crippen LogP contribution in [-0.2, 0) is 4.74 Å². The molecule has 0 spiro atoms. The summed E-state index contributed by atoms with van der Waals surface area (Å²) in [5.74, 6) is 1.43. The zero-order valence-corrected chi connectivity index (χ0v) is 11.2. The molecule has 17 heavy (non-hydrogen) atoms. The molecule has 4 heteroatoms. The Morgan fingerprint density at radius 1 is 1.29 bits per heavy atom. The summed E-state index contributed by atoms with van der Waals surface area (Å²) in [5.41, 5.74) is -0.380. The maximum absolute atomic E-state index is 11.8. The molecule has 4 nitrogen and oxygen atoms in total. The van der Waals surface area contributed by atoms with Gasteiger partial charge in [-0.3, -0.25) is 0 Å². The minimum absolute atomic E-state index is 0.155. The standard InChI is InChI=1S/C13H24N2O2/c1-13(2,3)17-12(16)15-8-11(9-15)10-5-4-6-14-7-10/h10-11,14H,4-9H2,1-3H3/t10-/m1/s1. The van der Waals surface area contributed by atoms with E-state index in [4.69, 9.17) is 4.74 Å². The molecule has 1 atom stereocenters. The first kappa shape index (κ1) is 12.7. The lowest BCUT2D eigenvalue weighted by Crippen LogP contribution is -2.55. The first-order chi connectivity index (χ1) is 7.96. The van der Waals surface area contributed by atoms with Gasteiger partial charge in [0.1, 0.15) is 5.60 Å². The van der Waals surface area contributed by atoms with Gasteiger partial charge in [-0.1, -0.05) is 0 Å². The number of hydrogen-bond acceptors (Lipinski definition) is 3. The highest BCUT2D eigenvalue weighted by Crippen LogP contribution is 2.29. The number of carbonyl (C=O) groups is 1. The Morgan fingerprint density at radius 3 is 2.53 bits per heavy atom. The van der Waals surface area contributed by atoms with Gasteiger partial charge in [-0.2, -0.15) is 0 Å².